The Morgan fingerprint density at radius 2 is 1.88 bits per heavy atom. The monoisotopic (exact) mass is 464 g/mol. The number of nitrogens with two attached hydrogens (primary N) is 1. The Morgan fingerprint density at radius 1 is 1.12 bits per heavy atom. The molecule has 0 saturated heterocycles. The van der Waals surface area contributed by atoms with E-state index in [1.54, 1.807) is 6.92 Å². The maximum Gasteiger partial charge on any atom is 0.450 e. The van der Waals surface area contributed by atoms with Gasteiger partial charge in [-0.2, -0.15) is 13.2 Å². The van der Waals surface area contributed by atoms with Gasteiger partial charge in [0.1, 0.15) is 22.7 Å². The first-order chi connectivity index (χ1) is 15.6. The van der Waals surface area contributed by atoms with E-state index in [-0.39, 0.29) is 22.5 Å². The molecule has 0 aliphatic rings. The highest BCUT2D eigenvalue weighted by Crippen LogP contribution is 2.34. The van der Waals surface area contributed by atoms with E-state index in [0.717, 1.165) is 17.0 Å². The van der Waals surface area contributed by atoms with Crippen LogP contribution in [0.3, 0.4) is 0 Å². The lowest BCUT2D eigenvalue weighted by Crippen LogP contribution is -2.17. The first kappa shape index (κ1) is 22.0. The smallest absolute Gasteiger partial charge is 0.450 e. The molecule has 1 aromatic carbocycles. The maximum absolute atomic E-state index is 14.5. The van der Waals surface area contributed by atoms with Crippen molar-refractivity contribution in [3.05, 3.63) is 59.8 Å². The van der Waals surface area contributed by atoms with Crippen molar-refractivity contribution in [3.8, 4) is 23.0 Å². The number of halogens is 5. The van der Waals surface area contributed by atoms with Gasteiger partial charge in [-0.05, 0) is 19.1 Å². The van der Waals surface area contributed by atoms with Crippen molar-refractivity contribution in [2.45, 2.75) is 13.1 Å². The van der Waals surface area contributed by atoms with E-state index in [1.807, 2.05) is 0 Å². The van der Waals surface area contributed by atoms with Crippen LogP contribution in [0.15, 0.2) is 36.8 Å². The molecule has 0 atom stereocenters. The summed E-state index contributed by atoms with van der Waals surface area (Å²) in [6, 6.07) is 4.23. The zero-order valence-electron chi connectivity index (χ0n) is 16.7. The molecule has 4 aromatic rings. The van der Waals surface area contributed by atoms with Gasteiger partial charge in [-0.25, -0.2) is 28.7 Å². The topological polar surface area (TPSA) is 109 Å². The largest absolute Gasteiger partial charge is 0.494 e. The molecule has 33 heavy (non-hydrogen) atoms. The molecule has 0 unspecified atom stereocenters. The molecule has 1 amide bonds. The third-order valence-electron chi connectivity index (χ3n) is 4.52. The molecule has 0 fully saturated rings. The van der Waals surface area contributed by atoms with Crippen molar-refractivity contribution < 1.29 is 31.5 Å². The minimum Gasteiger partial charge on any atom is -0.494 e. The van der Waals surface area contributed by atoms with Crippen LogP contribution in [-0.4, -0.2) is 37.0 Å². The molecule has 0 saturated carbocycles. The van der Waals surface area contributed by atoms with Gasteiger partial charge in [-0.3, -0.25) is 9.36 Å². The number of amides is 1. The predicted octanol–water partition coefficient (Wildman–Crippen LogP) is 3.67. The molecule has 170 valence electrons. The molecule has 13 heteroatoms. The van der Waals surface area contributed by atoms with Crippen LogP contribution in [0, 0.1) is 11.6 Å². The summed E-state index contributed by atoms with van der Waals surface area (Å²) in [5.74, 6) is -5.17. The third kappa shape index (κ3) is 3.92. The van der Waals surface area contributed by atoms with Crippen molar-refractivity contribution >= 4 is 16.9 Å². The quantitative estimate of drug-likeness (QED) is 0.452. The fraction of sp³-hybridized carbons (Fsp3) is 0.150. The summed E-state index contributed by atoms with van der Waals surface area (Å²) >= 11 is 0. The highest BCUT2D eigenvalue weighted by Gasteiger charge is 2.38. The van der Waals surface area contributed by atoms with Crippen molar-refractivity contribution in [1.82, 2.24) is 24.5 Å². The second kappa shape index (κ2) is 8.07. The molecule has 0 aliphatic heterocycles. The van der Waals surface area contributed by atoms with Crippen molar-refractivity contribution in [2.24, 2.45) is 5.73 Å². The average molecular weight is 464 g/mol. The molecular weight excluding hydrogens is 451 g/mol. The fourth-order valence-corrected chi connectivity index (χ4v) is 3.17. The number of ether oxygens (including phenoxy) is 1. The number of hydrogen-bond acceptors (Lipinski definition) is 6. The molecule has 2 N–H and O–H groups in total. The second-order valence-electron chi connectivity index (χ2n) is 6.62. The lowest BCUT2D eigenvalue weighted by Gasteiger charge is -2.11. The van der Waals surface area contributed by atoms with E-state index in [0.29, 0.717) is 18.6 Å². The molecule has 0 aliphatic carbocycles. The van der Waals surface area contributed by atoms with Gasteiger partial charge in [0.25, 0.3) is 5.91 Å². The number of pyridine rings is 1. The van der Waals surface area contributed by atoms with Crippen LogP contribution in [0.5, 0.6) is 5.75 Å². The van der Waals surface area contributed by atoms with Gasteiger partial charge in [-0.15, -0.1) is 0 Å². The van der Waals surface area contributed by atoms with E-state index in [2.05, 4.69) is 19.9 Å². The van der Waals surface area contributed by atoms with Crippen molar-refractivity contribution in [1.29, 1.82) is 0 Å². The summed E-state index contributed by atoms with van der Waals surface area (Å²) in [5.41, 5.74) is 3.25. The number of carbonyl (C=O) groups is 1. The molecule has 4 rings (SSSR count). The normalized spacial score (nSPS) is 11.7. The van der Waals surface area contributed by atoms with Gasteiger partial charge in [-0.1, -0.05) is 0 Å². The molecule has 0 bridgehead atoms. The average Bonchev–Trinajstić information content (AvgIpc) is 3.13. The van der Waals surface area contributed by atoms with Crippen LogP contribution in [0.2, 0.25) is 0 Å². The highest BCUT2D eigenvalue weighted by molar-refractivity contribution is 5.94. The minimum absolute atomic E-state index is 0.0106. The van der Waals surface area contributed by atoms with Crippen LogP contribution in [0.4, 0.5) is 22.0 Å². The number of aromatic nitrogens is 5. The lowest BCUT2D eigenvalue weighted by molar-refractivity contribution is -0.145. The Bertz CT molecular complexity index is 1370. The molecule has 3 aromatic heterocycles. The number of rotatable bonds is 5. The van der Waals surface area contributed by atoms with E-state index in [4.69, 9.17) is 10.5 Å². The molecular formula is C20H13F5N6O2. The zero-order chi connectivity index (χ0) is 23.9. The number of benzene rings is 1. The number of primary amides is 1. The Morgan fingerprint density at radius 3 is 2.48 bits per heavy atom. The summed E-state index contributed by atoms with van der Waals surface area (Å²) in [4.78, 5) is 26.3. The van der Waals surface area contributed by atoms with Crippen molar-refractivity contribution in [2.75, 3.05) is 6.61 Å². The standard InChI is InChI=1S/C20H13F5N6O2/c1-2-33-9-3-4-13-11(5-9)30-19(20(23,24)25)31(13)14-8-27-12(7-28-14)17-16(22)15(18(26)32)10(21)6-29-17/h3-8H,2H2,1H3,(H2,26,32). The first-order valence-corrected chi connectivity index (χ1v) is 9.31. The number of nitrogens with zero attached hydrogens (tertiary/aromatic N) is 5. The van der Waals surface area contributed by atoms with Gasteiger partial charge in [0.15, 0.2) is 17.5 Å². The first-order valence-electron chi connectivity index (χ1n) is 9.31. The van der Waals surface area contributed by atoms with E-state index >= 15 is 0 Å². The number of imidazole rings is 1. The SMILES string of the molecule is CCOc1ccc2c(c1)nc(C(F)(F)F)n2-c1cnc(-c2ncc(F)c(C(N)=O)c2F)cn1. The zero-order valence-corrected chi connectivity index (χ0v) is 16.7. The summed E-state index contributed by atoms with van der Waals surface area (Å²) in [6.45, 7) is 2.04. The molecule has 0 spiro atoms. The molecule has 3 heterocycles. The van der Waals surface area contributed by atoms with Gasteiger partial charge >= 0.3 is 6.18 Å². The number of alkyl halides is 3. The predicted molar refractivity (Wildman–Crippen MR) is 104 cm³/mol. The number of fused-ring (bicyclic) bond motifs is 1. The lowest BCUT2D eigenvalue weighted by atomic mass is 10.1. The van der Waals surface area contributed by atoms with Crippen molar-refractivity contribution in [3.63, 3.8) is 0 Å². The highest BCUT2D eigenvalue weighted by atomic mass is 19.4. The van der Waals surface area contributed by atoms with Gasteiger partial charge in [0.05, 0.1) is 36.2 Å². The summed E-state index contributed by atoms with van der Waals surface area (Å²) in [6.07, 6.45) is -2.37. The number of carbonyl (C=O) groups excluding carboxylic acids is 1. The van der Waals surface area contributed by atoms with Crippen LogP contribution in [-0.2, 0) is 6.18 Å². The Balaban J connectivity index is 1.84. The summed E-state index contributed by atoms with van der Waals surface area (Å²) < 4.78 is 75.3. The van der Waals surface area contributed by atoms with Crippen LogP contribution < -0.4 is 10.5 Å². The Kier molecular flexibility index (Phi) is 5.39. The summed E-state index contributed by atoms with van der Waals surface area (Å²) in [7, 11) is 0. The van der Waals surface area contributed by atoms with Gasteiger partial charge in [0, 0.05) is 6.07 Å². The molecule has 0 radical (unpaired) electrons. The second-order valence-corrected chi connectivity index (χ2v) is 6.62. The van der Waals surface area contributed by atoms with Crippen LogP contribution in [0.1, 0.15) is 23.1 Å². The Hall–Kier alpha value is -4.16. The fourth-order valence-electron chi connectivity index (χ4n) is 3.17. The summed E-state index contributed by atoms with van der Waals surface area (Å²) in [5, 5.41) is 0. The third-order valence-corrected chi connectivity index (χ3v) is 4.52. The Labute approximate surface area is 181 Å². The number of hydrogen-bond donors (Lipinski definition) is 1. The van der Waals surface area contributed by atoms with E-state index in [9.17, 15) is 26.7 Å². The van der Waals surface area contributed by atoms with Gasteiger partial charge < -0.3 is 10.5 Å². The van der Waals surface area contributed by atoms with Crippen LogP contribution in [0.25, 0.3) is 28.2 Å². The van der Waals surface area contributed by atoms with Crippen LogP contribution >= 0.6 is 0 Å². The van der Waals surface area contributed by atoms with E-state index in [1.165, 1.54) is 18.2 Å². The van der Waals surface area contributed by atoms with Gasteiger partial charge in [0.2, 0.25) is 5.82 Å². The van der Waals surface area contributed by atoms with E-state index < -0.39 is 40.8 Å². The minimum atomic E-state index is -4.83. The maximum atomic E-state index is 14.5. The molecule has 8 nitrogen and oxygen atoms in total.